The van der Waals surface area contributed by atoms with Gasteiger partial charge in [0.1, 0.15) is 17.2 Å². The van der Waals surface area contributed by atoms with Crippen LogP contribution >= 0.6 is 11.6 Å². The lowest BCUT2D eigenvalue weighted by Gasteiger charge is -2.17. The summed E-state index contributed by atoms with van der Waals surface area (Å²) in [6, 6.07) is 9.75. The third kappa shape index (κ3) is 3.08. The van der Waals surface area contributed by atoms with E-state index in [4.69, 9.17) is 16.3 Å². The highest BCUT2D eigenvalue weighted by Gasteiger charge is 2.11. The van der Waals surface area contributed by atoms with Crippen molar-refractivity contribution in [3.8, 4) is 17.2 Å². The number of aromatic hydroxyl groups is 2. The highest BCUT2D eigenvalue weighted by molar-refractivity contribution is 6.32. The third-order valence-electron chi connectivity index (χ3n) is 3.01. The van der Waals surface area contributed by atoms with Gasteiger partial charge in [-0.05, 0) is 31.2 Å². The molecule has 4 nitrogen and oxygen atoms in total. The number of anilines is 1. The molecule has 2 aromatic carbocycles. The molecule has 20 heavy (non-hydrogen) atoms. The maximum atomic E-state index is 9.84. The van der Waals surface area contributed by atoms with Crippen LogP contribution in [0.15, 0.2) is 36.4 Å². The Bertz CT molecular complexity index is 616. The molecule has 0 spiro atoms. The van der Waals surface area contributed by atoms with E-state index in [0.29, 0.717) is 16.3 Å². The number of hydrogen-bond donors (Lipinski definition) is 3. The van der Waals surface area contributed by atoms with Crippen molar-refractivity contribution in [1.29, 1.82) is 0 Å². The molecule has 0 bridgehead atoms. The molecule has 0 saturated heterocycles. The van der Waals surface area contributed by atoms with E-state index in [1.807, 2.05) is 13.0 Å². The average Bonchev–Trinajstić information content (AvgIpc) is 2.40. The first kappa shape index (κ1) is 14.3. The predicted octanol–water partition coefficient (Wildman–Crippen LogP) is 3.93. The second kappa shape index (κ2) is 5.92. The van der Waals surface area contributed by atoms with Crippen molar-refractivity contribution in [3.63, 3.8) is 0 Å². The fraction of sp³-hybridized carbons (Fsp3) is 0.200. The van der Waals surface area contributed by atoms with Crippen molar-refractivity contribution in [2.75, 3.05) is 12.4 Å². The Hall–Kier alpha value is -2.07. The van der Waals surface area contributed by atoms with Crippen LogP contribution < -0.4 is 10.1 Å². The van der Waals surface area contributed by atoms with Crippen LogP contribution in [0.1, 0.15) is 18.5 Å². The minimum Gasteiger partial charge on any atom is -0.508 e. The molecular weight excluding hydrogens is 278 g/mol. The van der Waals surface area contributed by atoms with Crippen molar-refractivity contribution in [2.24, 2.45) is 0 Å². The highest BCUT2D eigenvalue weighted by Crippen LogP contribution is 2.32. The fourth-order valence-electron chi connectivity index (χ4n) is 1.98. The predicted molar refractivity (Wildman–Crippen MR) is 79.8 cm³/mol. The van der Waals surface area contributed by atoms with Crippen molar-refractivity contribution in [1.82, 2.24) is 0 Å². The summed E-state index contributed by atoms with van der Waals surface area (Å²) in [6.07, 6.45) is 0. The van der Waals surface area contributed by atoms with E-state index in [0.717, 1.165) is 5.69 Å². The van der Waals surface area contributed by atoms with Crippen LogP contribution in [0.25, 0.3) is 0 Å². The lowest BCUT2D eigenvalue weighted by atomic mass is 10.1. The van der Waals surface area contributed by atoms with Gasteiger partial charge in [0, 0.05) is 23.4 Å². The third-order valence-corrected chi connectivity index (χ3v) is 3.33. The number of halogens is 1. The topological polar surface area (TPSA) is 61.7 Å². The van der Waals surface area contributed by atoms with Crippen molar-refractivity contribution in [3.05, 3.63) is 47.0 Å². The van der Waals surface area contributed by atoms with Crippen LogP contribution in [0.4, 0.5) is 5.69 Å². The number of nitrogens with one attached hydrogen (secondary N) is 1. The van der Waals surface area contributed by atoms with Gasteiger partial charge >= 0.3 is 0 Å². The summed E-state index contributed by atoms with van der Waals surface area (Å²) in [6.45, 7) is 1.91. The van der Waals surface area contributed by atoms with Gasteiger partial charge in [0.15, 0.2) is 0 Å². The molecule has 1 unspecified atom stereocenters. The van der Waals surface area contributed by atoms with Gasteiger partial charge in [-0.15, -0.1) is 0 Å². The number of hydrogen-bond acceptors (Lipinski definition) is 4. The van der Waals surface area contributed by atoms with E-state index in [2.05, 4.69) is 5.32 Å². The number of ether oxygens (including phenoxy) is 1. The lowest BCUT2D eigenvalue weighted by molar-refractivity contribution is 0.415. The van der Waals surface area contributed by atoms with E-state index in [1.54, 1.807) is 25.3 Å². The first-order valence-corrected chi connectivity index (χ1v) is 6.51. The van der Waals surface area contributed by atoms with Gasteiger partial charge in [0.05, 0.1) is 18.2 Å². The summed E-state index contributed by atoms with van der Waals surface area (Å²) in [5.41, 5.74) is 1.52. The van der Waals surface area contributed by atoms with Crippen molar-refractivity contribution < 1.29 is 14.9 Å². The summed E-state index contributed by atoms with van der Waals surface area (Å²) < 4.78 is 5.16. The number of phenols is 2. The Morgan fingerprint density at radius 2 is 1.90 bits per heavy atom. The summed E-state index contributed by atoms with van der Waals surface area (Å²) >= 11 is 5.97. The summed E-state index contributed by atoms with van der Waals surface area (Å²) in [5, 5.41) is 22.9. The molecule has 5 heteroatoms. The Labute approximate surface area is 122 Å². The van der Waals surface area contributed by atoms with Gasteiger partial charge in [0.2, 0.25) is 0 Å². The van der Waals surface area contributed by atoms with Gasteiger partial charge in [-0.2, -0.15) is 0 Å². The summed E-state index contributed by atoms with van der Waals surface area (Å²) in [4.78, 5) is 0. The first-order chi connectivity index (χ1) is 9.51. The zero-order valence-corrected chi connectivity index (χ0v) is 12.0. The normalized spacial score (nSPS) is 11.9. The SMILES string of the molecule is COc1cc(NC(C)c2ccc(O)cc2O)ccc1Cl. The second-order valence-corrected chi connectivity index (χ2v) is 4.87. The van der Waals surface area contributed by atoms with Crippen LogP contribution in [-0.4, -0.2) is 17.3 Å². The molecule has 2 aromatic rings. The molecule has 0 aromatic heterocycles. The van der Waals surface area contributed by atoms with Gasteiger partial charge < -0.3 is 20.3 Å². The van der Waals surface area contributed by atoms with E-state index in [1.165, 1.54) is 12.1 Å². The second-order valence-electron chi connectivity index (χ2n) is 4.46. The van der Waals surface area contributed by atoms with E-state index in [-0.39, 0.29) is 17.5 Å². The molecule has 106 valence electrons. The molecule has 0 saturated carbocycles. The molecule has 0 amide bonds. The van der Waals surface area contributed by atoms with E-state index < -0.39 is 0 Å². The van der Waals surface area contributed by atoms with Crippen LogP contribution in [0.5, 0.6) is 17.2 Å². The van der Waals surface area contributed by atoms with Gasteiger partial charge in [0.25, 0.3) is 0 Å². The Morgan fingerprint density at radius 1 is 1.15 bits per heavy atom. The number of phenolic OH excluding ortho intramolecular Hbond substituents is 2. The molecule has 0 radical (unpaired) electrons. The zero-order chi connectivity index (χ0) is 14.7. The monoisotopic (exact) mass is 293 g/mol. The lowest BCUT2D eigenvalue weighted by Crippen LogP contribution is -2.06. The molecule has 1 atom stereocenters. The molecule has 0 aliphatic carbocycles. The zero-order valence-electron chi connectivity index (χ0n) is 11.2. The van der Waals surface area contributed by atoms with Gasteiger partial charge in [-0.1, -0.05) is 11.6 Å². The molecule has 3 N–H and O–H groups in total. The van der Waals surface area contributed by atoms with Crippen LogP contribution in [0.3, 0.4) is 0 Å². The Balaban J connectivity index is 2.21. The minimum absolute atomic E-state index is 0.0339. The quantitative estimate of drug-likeness (QED) is 0.799. The Morgan fingerprint density at radius 3 is 2.55 bits per heavy atom. The standard InChI is InChI=1S/C15H16ClNO3/c1-9(12-5-4-11(18)8-14(12)19)17-10-3-6-13(16)15(7-10)20-2/h3-9,17-19H,1-2H3. The first-order valence-electron chi connectivity index (χ1n) is 6.13. The van der Waals surface area contributed by atoms with Crippen LogP contribution in [0, 0.1) is 0 Å². The summed E-state index contributed by atoms with van der Waals surface area (Å²) in [5.74, 6) is 0.663. The molecule has 2 rings (SSSR count). The molecule has 0 heterocycles. The average molecular weight is 294 g/mol. The number of methoxy groups -OCH3 is 1. The maximum absolute atomic E-state index is 9.84. The number of benzene rings is 2. The molecule has 0 aliphatic rings. The van der Waals surface area contributed by atoms with Gasteiger partial charge in [-0.3, -0.25) is 0 Å². The molecule has 0 aliphatic heterocycles. The molecular formula is C15H16ClNO3. The van der Waals surface area contributed by atoms with E-state index in [9.17, 15) is 10.2 Å². The van der Waals surface area contributed by atoms with E-state index >= 15 is 0 Å². The smallest absolute Gasteiger partial charge is 0.139 e. The maximum Gasteiger partial charge on any atom is 0.139 e. The minimum atomic E-state index is -0.138. The largest absolute Gasteiger partial charge is 0.508 e. The fourth-order valence-corrected chi connectivity index (χ4v) is 2.17. The van der Waals surface area contributed by atoms with Crippen molar-refractivity contribution in [2.45, 2.75) is 13.0 Å². The van der Waals surface area contributed by atoms with Crippen LogP contribution in [0.2, 0.25) is 5.02 Å². The van der Waals surface area contributed by atoms with Crippen LogP contribution in [-0.2, 0) is 0 Å². The Kier molecular flexibility index (Phi) is 4.25. The highest BCUT2D eigenvalue weighted by atomic mass is 35.5. The molecule has 0 fully saturated rings. The number of rotatable bonds is 4. The summed E-state index contributed by atoms with van der Waals surface area (Å²) in [7, 11) is 1.56. The van der Waals surface area contributed by atoms with Gasteiger partial charge in [-0.25, -0.2) is 0 Å². The van der Waals surface area contributed by atoms with Crippen molar-refractivity contribution >= 4 is 17.3 Å².